The summed E-state index contributed by atoms with van der Waals surface area (Å²) in [4.78, 5) is 44.3. The minimum Gasteiger partial charge on any atom is -0.468 e. The van der Waals surface area contributed by atoms with E-state index in [9.17, 15) is 14.4 Å². The van der Waals surface area contributed by atoms with Gasteiger partial charge in [-0.1, -0.05) is 0 Å². The first-order chi connectivity index (χ1) is 11.8. The molecule has 3 aromatic rings. The van der Waals surface area contributed by atoms with Gasteiger partial charge in [-0.15, -0.1) is 0 Å². The van der Waals surface area contributed by atoms with Gasteiger partial charge >= 0.3 is 11.7 Å². The molecule has 0 saturated carbocycles. The Morgan fingerprint density at radius 3 is 2.56 bits per heavy atom. The molecule has 25 heavy (non-hydrogen) atoms. The number of rotatable bonds is 4. The molecule has 0 atom stereocenters. The van der Waals surface area contributed by atoms with E-state index in [1.165, 1.54) is 29.7 Å². The van der Waals surface area contributed by atoms with Gasteiger partial charge in [-0.25, -0.2) is 19.4 Å². The lowest BCUT2D eigenvalue weighted by Crippen LogP contribution is -2.37. The van der Waals surface area contributed by atoms with Crippen molar-refractivity contribution in [1.29, 1.82) is 0 Å². The fourth-order valence-corrected chi connectivity index (χ4v) is 3.14. The second kappa shape index (κ2) is 6.20. The highest BCUT2D eigenvalue weighted by atomic mass is 32.2. The van der Waals surface area contributed by atoms with Crippen molar-refractivity contribution in [2.24, 2.45) is 21.1 Å². The molecule has 3 aromatic heterocycles. The number of aryl methyl sites for hydroxylation is 2. The standard InChI is InChI=1S/C13H15N7O4S/c1-17-8-9(18(2)13(23)19(3)10(8)22)16-12(17)25-11-14-6-15-20(11)5-7(21)24-4/h6H,5H2,1-4H3. The van der Waals surface area contributed by atoms with Crippen molar-refractivity contribution in [2.75, 3.05) is 7.11 Å². The van der Waals surface area contributed by atoms with Crippen LogP contribution in [-0.2, 0) is 37.2 Å². The fourth-order valence-electron chi connectivity index (χ4n) is 2.30. The van der Waals surface area contributed by atoms with Gasteiger partial charge in [0.15, 0.2) is 21.5 Å². The molecule has 3 rings (SSSR count). The monoisotopic (exact) mass is 365 g/mol. The summed E-state index contributed by atoms with van der Waals surface area (Å²) in [5.74, 6) is -0.464. The van der Waals surface area contributed by atoms with E-state index in [4.69, 9.17) is 0 Å². The highest BCUT2D eigenvalue weighted by molar-refractivity contribution is 7.99. The molecule has 0 amide bonds. The van der Waals surface area contributed by atoms with Crippen molar-refractivity contribution in [2.45, 2.75) is 16.9 Å². The number of imidazole rings is 1. The summed E-state index contributed by atoms with van der Waals surface area (Å²) in [6.07, 6.45) is 1.31. The third-order valence-corrected chi connectivity index (χ3v) is 4.75. The molecular weight excluding hydrogens is 350 g/mol. The molecule has 0 N–H and O–H groups in total. The first-order valence-corrected chi connectivity index (χ1v) is 7.91. The summed E-state index contributed by atoms with van der Waals surface area (Å²) in [6.45, 7) is -0.0942. The van der Waals surface area contributed by atoms with Crippen LogP contribution in [0.4, 0.5) is 0 Å². The summed E-state index contributed by atoms with van der Waals surface area (Å²) in [6, 6.07) is 0. The molecule has 132 valence electrons. The Labute approximate surface area is 144 Å². The van der Waals surface area contributed by atoms with Crippen LogP contribution in [0.5, 0.6) is 0 Å². The molecule has 0 aromatic carbocycles. The van der Waals surface area contributed by atoms with Crippen LogP contribution in [0, 0.1) is 0 Å². The summed E-state index contributed by atoms with van der Waals surface area (Å²) < 4.78 is 9.90. The largest absolute Gasteiger partial charge is 0.468 e. The van der Waals surface area contributed by atoms with Gasteiger partial charge in [0, 0.05) is 21.1 Å². The number of esters is 1. The lowest BCUT2D eigenvalue weighted by Gasteiger charge is -2.04. The molecule has 0 saturated heterocycles. The van der Waals surface area contributed by atoms with E-state index in [1.807, 2.05) is 0 Å². The predicted molar refractivity (Wildman–Crippen MR) is 87.4 cm³/mol. The van der Waals surface area contributed by atoms with Gasteiger partial charge in [0.1, 0.15) is 12.9 Å². The van der Waals surface area contributed by atoms with Gasteiger partial charge < -0.3 is 9.30 Å². The number of methoxy groups -OCH3 is 1. The lowest BCUT2D eigenvalue weighted by molar-refractivity contribution is -0.141. The molecule has 12 heteroatoms. The lowest BCUT2D eigenvalue weighted by atomic mass is 10.5. The van der Waals surface area contributed by atoms with Gasteiger partial charge in [0.2, 0.25) is 0 Å². The molecule has 0 bridgehead atoms. The van der Waals surface area contributed by atoms with Crippen molar-refractivity contribution in [3.05, 3.63) is 27.2 Å². The van der Waals surface area contributed by atoms with E-state index in [0.29, 0.717) is 15.8 Å². The average Bonchev–Trinajstić information content (AvgIpc) is 3.16. The minimum atomic E-state index is -0.464. The molecule has 3 heterocycles. The topological polar surface area (TPSA) is 119 Å². The van der Waals surface area contributed by atoms with Gasteiger partial charge in [-0.3, -0.25) is 18.7 Å². The first-order valence-electron chi connectivity index (χ1n) is 7.10. The zero-order valence-electron chi connectivity index (χ0n) is 14.0. The Balaban J connectivity index is 2.09. The van der Waals surface area contributed by atoms with Crippen molar-refractivity contribution < 1.29 is 9.53 Å². The van der Waals surface area contributed by atoms with E-state index in [-0.39, 0.29) is 12.2 Å². The van der Waals surface area contributed by atoms with E-state index in [0.717, 1.165) is 16.3 Å². The number of fused-ring (bicyclic) bond motifs is 1. The molecule has 0 radical (unpaired) electrons. The van der Waals surface area contributed by atoms with Gasteiger partial charge in [0.05, 0.1) is 7.11 Å². The smallest absolute Gasteiger partial charge is 0.332 e. The van der Waals surface area contributed by atoms with Crippen molar-refractivity contribution in [3.63, 3.8) is 0 Å². The summed E-state index contributed by atoms with van der Waals surface area (Å²) >= 11 is 1.12. The zero-order valence-corrected chi connectivity index (χ0v) is 14.8. The minimum absolute atomic E-state index is 0.0942. The van der Waals surface area contributed by atoms with Gasteiger partial charge in [-0.2, -0.15) is 5.10 Å². The number of carbonyl (C=O) groups is 1. The molecule has 0 fully saturated rings. The van der Waals surface area contributed by atoms with E-state index in [2.05, 4.69) is 19.8 Å². The Hall–Kier alpha value is -2.89. The normalized spacial score (nSPS) is 11.2. The highest BCUT2D eigenvalue weighted by Crippen LogP contribution is 2.26. The molecule has 0 aliphatic heterocycles. The molecule has 0 aliphatic rings. The van der Waals surface area contributed by atoms with Crippen LogP contribution >= 0.6 is 11.8 Å². The first kappa shape index (κ1) is 17.0. The van der Waals surface area contributed by atoms with Crippen molar-refractivity contribution in [3.8, 4) is 0 Å². The number of ether oxygens (including phenoxy) is 1. The van der Waals surface area contributed by atoms with Gasteiger partial charge in [-0.05, 0) is 11.8 Å². The number of carbonyl (C=O) groups excluding carboxylic acids is 1. The fraction of sp³-hybridized carbons (Fsp3) is 0.385. The van der Waals surface area contributed by atoms with Crippen LogP contribution in [0.15, 0.2) is 26.2 Å². The van der Waals surface area contributed by atoms with Crippen LogP contribution in [0.25, 0.3) is 11.2 Å². The second-order valence-electron chi connectivity index (χ2n) is 5.21. The van der Waals surface area contributed by atoms with Crippen LogP contribution in [-0.4, -0.2) is 46.5 Å². The number of hydrogen-bond acceptors (Lipinski definition) is 8. The molecule has 11 nitrogen and oxygen atoms in total. The van der Waals surface area contributed by atoms with Crippen molar-refractivity contribution in [1.82, 2.24) is 33.4 Å². The molecule has 0 unspecified atom stereocenters. The zero-order chi connectivity index (χ0) is 18.3. The van der Waals surface area contributed by atoms with Crippen LogP contribution in [0.3, 0.4) is 0 Å². The maximum absolute atomic E-state index is 12.4. The quantitative estimate of drug-likeness (QED) is 0.534. The van der Waals surface area contributed by atoms with Crippen LogP contribution in [0.2, 0.25) is 0 Å². The SMILES string of the molecule is COC(=O)Cn1ncnc1Sc1nc2c(c(=O)n(C)c(=O)n2C)n1C. The maximum Gasteiger partial charge on any atom is 0.332 e. The summed E-state index contributed by atoms with van der Waals surface area (Å²) in [5.41, 5.74) is -0.319. The Morgan fingerprint density at radius 1 is 1.16 bits per heavy atom. The highest BCUT2D eigenvalue weighted by Gasteiger charge is 2.19. The third-order valence-electron chi connectivity index (χ3n) is 3.70. The van der Waals surface area contributed by atoms with E-state index >= 15 is 0 Å². The molecule has 0 aliphatic carbocycles. The second-order valence-corrected chi connectivity index (χ2v) is 6.14. The van der Waals surface area contributed by atoms with E-state index < -0.39 is 17.2 Å². The Bertz CT molecular complexity index is 1090. The summed E-state index contributed by atoms with van der Waals surface area (Å²) in [5, 5.41) is 4.82. The average molecular weight is 365 g/mol. The predicted octanol–water partition coefficient (Wildman–Crippen LogP) is -1.11. The Kier molecular flexibility index (Phi) is 4.20. The van der Waals surface area contributed by atoms with Gasteiger partial charge in [0.25, 0.3) is 5.56 Å². The van der Waals surface area contributed by atoms with Crippen LogP contribution in [0.1, 0.15) is 0 Å². The summed E-state index contributed by atoms with van der Waals surface area (Å²) in [7, 11) is 5.92. The number of nitrogens with zero attached hydrogens (tertiary/aromatic N) is 7. The van der Waals surface area contributed by atoms with Crippen LogP contribution < -0.4 is 11.2 Å². The number of aromatic nitrogens is 7. The maximum atomic E-state index is 12.4. The molecule has 0 spiro atoms. The Morgan fingerprint density at radius 2 is 1.88 bits per heavy atom. The van der Waals surface area contributed by atoms with Crippen molar-refractivity contribution >= 4 is 28.9 Å². The van der Waals surface area contributed by atoms with E-state index in [1.54, 1.807) is 18.7 Å². The molecular formula is C13H15N7O4S. The number of hydrogen-bond donors (Lipinski definition) is 0. The third kappa shape index (κ3) is 2.73.